The van der Waals surface area contributed by atoms with E-state index in [9.17, 15) is 0 Å². The van der Waals surface area contributed by atoms with Crippen LogP contribution in [-0.4, -0.2) is 13.7 Å². The number of benzene rings is 2. The summed E-state index contributed by atoms with van der Waals surface area (Å²) >= 11 is 3.52. The van der Waals surface area contributed by atoms with Crippen molar-refractivity contribution in [2.45, 2.75) is 6.10 Å². The van der Waals surface area contributed by atoms with Crippen LogP contribution < -0.4 is 15.2 Å². The average molecular weight is 322 g/mol. The van der Waals surface area contributed by atoms with E-state index < -0.39 is 0 Å². The summed E-state index contributed by atoms with van der Waals surface area (Å²) in [7, 11) is 1.64. The summed E-state index contributed by atoms with van der Waals surface area (Å²) in [6.45, 7) is 0.411. The zero-order valence-electron chi connectivity index (χ0n) is 10.7. The van der Waals surface area contributed by atoms with Gasteiger partial charge in [0.05, 0.1) is 7.11 Å². The van der Waals surface area contributed by atoms with Crippen LogP contribution in [0.2, 0.25) is 0 Å². The highest BCUT2D eigenvalue weighted by molar-refractivity contribution is 9.10. The van der Waals surface area contributed by atoms with Crippen LogP contribution in [0.5, 0.6) is 11.5 Å². The van der Waals surface area contributed by atoms with Gasteiger partial charge in [0.15, 0.2) is 0 Å². The van der Waals surface area contributed by atoms with Gasteiger partial charge in [-0.2, -0.15) is 0 Å². The Bertz CT molecular complexity index is 528. The monoisotopic (exact) mass is 321 g/mol. The first-order valence-electron chi connectivity index (χ1n) is 6.00. The molecule has 0 spiro atoms. The van der Waals surface area contributed by atoms with E-state index >= 15 is 0 Å². The zero-order chi connectivity index (χ0) is 13.7. The van der Waals surface area contributed by atoms with E-state index in [1.165, 1.54) is 0 Å². The molecule has 0 aliphatic carbocycles. The Hall–Kier alpha value is -1.52. The quantitative estimate of drug-likeness (QED) is 0.916. The van der Waals surface area contributed by atoms with Crippen molar-refractivity contribution in [3.63, 3.8) is 0 Å². The lowest BCUT2D eigenvalue weighted by Gasteiger charge is -2.19. The minimum Gasteiger partial charge on any atom is -0.497 e. The topological polar surface area (TPSA) is 44.5 Å². The van der Waals surface area contributed by atoms with Crippen molar-refractivity contribution in [2.24, 2.45) is 5.73 Å². The summed E-state index contributed by atoms with van der Waals surface area (Å²) in [4.78, 5) is 0. The molecule has 2 rings (SSSR count). The summed E-state index contributed by atoms with van der Waals surface area (Å²) in [6.07, 6.45) is -0.177. The molecule has 0 heterocycles. The number of nitrogens with two attached hydrogens (primary N) is 1. The number of ether oxygens (including phenoxy) is 2. The summed E-state index contributed by atoms with van der Waals surface area (Å²) in [5.41, 5.74) is 6.85. The fourth-order valence-corrected chi connectivity index (χ4v) is 2.33. The highest BCUT2D eigenvalue weighted by atomic mass is 79.9. The number of hydrogen-bond donors (Lipinski definition) is 1. The molecule has 19 heavy (non-hydrogen) atoms. The van der Waals surface area contributed by atoms with Gasteiger partial charge in [0.2, 0.25) is 0 Å². The van der Waals surface area contributed by atoms with E-state index in [1.54, 1.807) is 7.11 Å². The van der Waals surface area contributed by atoms with E-state index in [0.717, 1.165) is 21.5 Å². The standard InChI is InChI=1S/C15H16BrNO2/c1-18-11-6-8-12(9-7-11)19-15(10-17)13-4-2-3-5-14(13)16/h2-9,15H,10,17H2,1H3. The van der Waals surface area contributed by atoms with Gasteiger partial charge in [0.1, 0.15) is 17.6 Å². The SMILES string of the molecule is COc1ccc(OC(CN)c2ccccc2Br)cc1. The van der Waals surface area contributed by atoms with Gasteiger partial charge < -0.3 is 15.2 Å². The van der Waals surface area contributed by atoms with Gasteiger partial charge in [0.25, 0.3) is 0 Å². The van der Waals surface area contributed by atoms with Crippen LogP contribution >= 0.6 is 15.9 Å². The number of hydrogen-bond acceptors (Lipinski definition) is 3. The molecule has 2 N–H and O–H groups in total. The molecule has 2 aromatic carbocycles. The van der Waals surface area contributed by atoms with Gasteiger partial charge in [-0.05, 0) is 30.3 Å². The molecule has 1 atom stereocenters. The Morgan fingerprint density at radius 3 is 2.26 bits per heavy atom. The molecule has 0 bridgehead atoms. The highest BCUT2D eigenvalue weighted by Crippen LogP contribution is 2.28. The third-order valence-corrected chi connectivity index (χ3v) is 3.53. The molecular formula is C15H16BrNO2. The molecule has 0 radical (unpaired) electrons. The zero-order valence-corrected chi connectivity index (χ0v) is 12.3. The van der Waals surface area contributed by atoms with Crippen molar-refractivity contribution < 1.29 is 9.47 Å². The average Bonchev–Trinajstić information content (AvgIpc) is 2.46. The second-order valence-electron chi connectivity index (χ2n) is 4.04. The van der Waals surface area contributed by atoms with Crippen LogP contribution in [0.25, 0.3) is 0 Å². The first-order chi connectivity index (χ1) is 9.24. The van der Waals surface area contributed by atoms with Crippen LogP contribution in [0.3, 0.4) is 0 Å². The lowest BCUT2D eigenvalue weighted by molar-refractivity contribution is 0.213. The van der Waals surface area contributed by atoms with Crippen LogP contribution in [0, 0.1) is 0 Å². The molecule has 3 nitrogen and oxygen atoms in total. The Labute approximate surface area is 121 Å². The molecule has 0 fully saturated rings. The minimum absolute atomic E-state index is 0.177. The molecule has 1 unspecified atom stereocenters. The first kappa shape index (κ1) is 13.9. The fraction of sp³-hybridized carbons (Fsp3) is 0.200. The maximum atomic E-state index is 5.92. The largest absolute Gasteiger partial charge is 0.497 e. The van der Waals surface area contributed by atoms with Crippen LogP contribution in [-0.2, 0) is 0 Å². The maximum absolute atomic E-state index is 5.92. The summed E-state index contributed by atoms with van der Waals surface area (Å²) < 4.78 is 12.0. The number of methoxy groups -OCH3 is 1. The molecule has 2 aromatic rings. The van der Waals surface area contributed by atoms with E-state index in [0.29, 0.717) is 6.54 Å². The van der Waals surface area contributed by atoms with Gasteiger partial charge >= 0.3 is 0 Å². The number of rotatable bonds is 5. The van der Waals surface area contributed by atoms with Crippen molar-refractivity contribution in [1.29, 1.82) is 0 Å². The molecule has 0 aromatic heterocycles. The lowest BCUT2D eigenvalue weighted by atomic mass is 10.1. The van der Waals surface area contributed by atoms with Crippen molar-refractivity contribution in [3.8, 4) is 11.5 Å². The van der Waals surface area contributed by atoms with Crippen LogP contribution in [0.15, 0.2) is 53.0 Å². The molecule has 0 amide bonds. The van der Waals surface area contributed by atoms with E-state index in [-0.39, 0.29) is 6.10 Å². The molecule has 0 saturated carbocycles. The predicted octanol–water partition coefficient (Wildman–Crippen LogP) is 3.54. The Morgan fingerprint density at radius 2 is 1.68 bits per heavy atom. The number of halogens is 1. The second kappa shape index (κ2) is 6.59. The Morgan fingerprint density at radius 1 is 1.05 bits per heavy atom. The fourth-order valence-electron chi connectivity index (χ4n) is 1.79. The minimum atomic E-state index is -0.177. The molecule has 100 valence electrons. The molecular weight excluding hydrogens is 306 g/mol. The van der Waals surface area contributed by atoms with E-state index in [1.807, 2.05) is 48.5 Å². The summed E-state index contributed by atoms with van der Waals surface area (Å²) in [5, 5.41) is 0. The smallest absolute Gasteiger partial charge is 0.137 e. The summed E-state index contributed by atoms with van der Waals surface area (Å²) in [5.74, 6) is 1.57. The van der Waals surface area contributed by atoms with Crippen molar-refractivity contribution in [1.82, 2.24) is 0 Å². The van der Waals surface area contributed by atoms with Crippen molar-refractivity contribution in [2.75, 3.05) is 13.7 Å². The van der Waals surface area contributed by atoms with Gasteiger partial charge in [-0.3, -0.25) is 0 Å². The maximum Gasteiger partial charge on any atom is 0.137 e. The normalized spacial score (nSPS) is 11.9. The van der Waals surface area contributed by atoms with E-state index in [2.05, 4.69) is 15.9 Å². The van der Waals surface area contributed by atoms with Gasteiger partial charge in [-0.25, -0.2) is 0 Å². The molecule has 0 aliphatic heterocycles. The highest BCUT2D eigenvalue weighted by Gasteiger charge is 2.14. The lowest BCUT2D eigenvalue weighted by Crippen LogP contribution is -2.18. The van der Waals surface area contributed by atoms with Crippen molar-refractivity contribution in [3.05, 3.63) is 58.6 Å². The Balaban J connectivity index is 2.17. The first-order valence-corrected chi connectivity index (χ1v) is 6.79. The van der Waals surface area contributed by atoms with Gasteiger partial charge in [-0.15, -0.1) is 0 Å². The van der Waals surface area contributed by atoms with Crippen molar-refractivity contribution >= 4 is 15.9 Å². The molecule has 4 heteroatoms. The van der Waals surface area contributed by atoms with Gasteiger partial charge in [-0.1, -0.05) is 34.1 Å². The van der Waals surface area contributed by atoms with Crippen LogP contribution in [0.1, 0.15) is 11.7 Å². The molecule has 0 saturated heterocycles. The van der Waals surface area contributed by atoms with Gasteiger partial charge in [0, 0.05) is 16.6 Å². The third-order valence-electron chi connectivity index (χ3n) is 2.80. The summed E-state index contributed by atoms with van der Waals surface area (Å²) in [6, 6.07) is 15.4. The van der Waals surface area contributed by atoms with Crippen LogP contribution in [0.4, 0.5) is 0 Å². The third kappa shape index (κ3) is 3.49. The van der Waals surface area contributed by atoms with E-state index in [4.69, 9.17) is 15.2 Å². The second-order valence-corrected chi connectivity index (χ2v) is 4.89. The predicted molar refractivity (Wildman–Crippen MR) is 79.6 cm³/mol. The molecule has 0 aliphatic rings. The Kier molecular flexibility index (Phi) is 4.82.